The second kappa shape index (κ2) is 4.94. The van der Waals surface area contributed by atoms with Crippen LogP contribution in [0.1, 0.15) is 52.4 Å². The molecule has 1 N–H and O–H groups in total. The van der Waals surface area contributed by atoms with E-state index in [2.05, 4.69) is 13.8 Å². The fourth-order valence-electron chi connectivity index (χ4n) is 3.06. The lowest BCUT2D eigenvalue weighted by Crippen LogP contribution is -2.38. The zero-order chi connectivity index (χ0) is 12.4. The molecule has 1 aliphatic carbocycles. The van der Waals surface area contributed by atoms with Crippen molar-refractivity contribution < 1.29 is 18.3 Å². The van der Waals surface area contributed by atoms with Crippen LogP contribution in [0.4, 0.5) is 13.2 Å². The zero-order valence-electron chi connectivity index (χ0n) is 9.98. The van der Waals surface area contributed by atoms with E-state index in [1.807, 2.05) is 0 Å². The molecule has 1 aliphatic rings. The maximum absolute atomic E-state index is 12.0. The molecule has 0 amide bonds. The van der Waals surface area contributed by atoms with Gasteiger partial charge in [0.15, 0.2) is 0 Å². The van der Waals surface area contributed by atoms with Gasteiger partial charge in [-0.1, -0.05) is 13.8 Å². The van der Waals surface area contributed by atoms with Gasteiger partial charge in [0.1, 0.15) is 0 Å². The zero-order valence-corrected chi connectivity index (χ0v) is 9.98. The van der Waals surface area contributed by atoms with Gasteiger partial charge in [0, 0.05) is 6.42 Å². The van der Waals surface area contributed by atoms with Crippen LogP contribution in [-0.4, -0.2) is 16.9 Å². The molecule has 1 rings (SSSR count). The normalized spacial score (nSPS) is 36.4. The average Bonchev–Trinajstić information content (AvgIpc) is 1.96. The summed E-state index contributed by atoms with van der Waals surface area (Å²) >= 11 is 0. The summed E-state index contributed by atoms with van der Waals surface area (Å²) in [4.78, 5) is 0. The van der Waals surface area contributed by atoms with Crippen molar-refractivity contribution in [2.24, 2.45) is 11.8 Å². The van der Waals surface area contributed by atoms with Gasteiger partial charge in [-0.05, 0) is 43.9 Å². The van der Waals surface area contributed by atoms with E-state index in [9.17, 15) is 18.3 Å². The van der Waals surface area contributed by atoms with Crippen molar-refractivity contribution >= 4 is 0 Å². The SMILES string of the molecule is CC1CC(C)CC(O)(CCCC(F)(F)F)C1. The quantitative estimate of drug-likeness (QED) is 0.790. The van der Waals surface area contributed by atoms with Gasteiger partial charge in [-0.2, -0.15) is 13.2 Å². The first-order chi connectivity index (χ1) is 7.20. The van der Waals surface area contributed by atoms with E-state index in [0.717, 1.165) is 6.42 Å². The van der Waals surface area contributed by atoms with Crippen LogP contribution < -0.4 is 0 Å². The number of hydrogen-bond acceptors (Lipinski definition) is 1. The summed E-state index contributed by atoms with van der Waals surface area (Å²) in [7, 11) is 0. The van der Waals surface area contributed by atoms with Crippen LogP contribution in [0.2, 0.25) is 0 Å². The third-order valence-electron chi connectivity index (χ3n) is 3.36. The van der Waals surface area contributed by atoms with Gasteiger partial charge >= 0.3 is 6.18 Å². The third kappa shape index (κ3) is 4.73. The van der Waals surface area contributed by atoms with E-state index < -0.39 is 18.2 Å². The highest BCUT2D eigenvalue weighted by molar-refractivity contribution is 4.87. The topological polar surface area (TPSA) is 20.2 Å². The summed E-state index contributed by atoms with van der Waals surface area (Å²) in [5.74, 6) is 0.833. The number of aliphatic hydroxyl groups is 1. The van der Waals surface area contributed by atoms with Crippen LogP contribution in [0.3, 0.4) is 0 Å². The Balaban J connectivity index is 2.39. The smallest absolute Gasteiger partial charge is 0.389 e. The second-order valence-electron chi connectivity index (χ2n) is 5.55. The fraction of sp³-hybridized carbons (Fsp3) is 1.00. The fourth-order valence-corrected chi connectivity index (χ4v) is 3.06. The number of alkyl halides is 3. The molecule has 0 aliphatic heterocycles. The predicted molar refractivity (Wildman–Crippen MR) is 57.0 cm³/mol. The molecule has 96 valence electrons. The Labute approximate surface area is 95.0 Å². The molecule has 0 radical (unpaired) electrons. The molecule has 0 aromatic rings. The van der Waals surface area contributed by atoms with Gasteiger partial charge in [0.25, 0.3) is 0 Å². The van der Waals surface area contributed by atoms with Gasteiger partial charge < -0.3 is 5.11 Å². The molecule has 1 nitrogen and oxygen atoms in total. The van der Waals surface area contributed by atoms with E-state index in [1.54, 1.807) is 0 Å². The Bertz CT molecular complexity index is 215. The van der Waals surface area contributed by atoms with Crippen LogP contribution in [0.25, 0.3) is 0 Å². The first-order valence-corrected chi connectivity index (χ1v) is 5.99. The Hall–Kier alpha value is -0.250. The van der Waals surface area contributed by atoms with Crippen molar-refractivity contribution in [1.82, 2.24) is 0 Å². The molecule has 2 unspecified atom stereocenters. The maximum Gasteiger partial charge on any atom is 0.389 e. The second-order valence-corrected chi connectivity index (χ2v) is 5.55. The Morgan fingerprint density at radius 3 is 2.12 bits per heavy atom. The molecule has 1 fully saturated rings. The highest BCUT2D eigenvalue weighted by Crippen LogP contribution is 2.39. The van der Waals surface area contributed by atoms with Gasteiger partial charge in [0.2, 0.25) is 0 Å². The summed E-state index contributed by atoms with van der Waals surface area (Å²) < 4.78 is 36.0. The minimum absolute atomic E-state index is 0.0411. The van der Waals surface area contributed by atoms with Crippen molar-refractivity contribution in [3.05, 3.63) is 0 Å². The molecule has 0 aromatic carbocycles. The Morgan fingerprint density at radius 1 is 1.19 bits per heavy atom. The Kier molecular flexibility index (Phi) is 4.27. The van der Waals surface area contributed by atoms with E-state index in [0.29, 0.717) is 24.7 Å². The van der Waals surface area contributed by atoms with Crippen LogP contribution >= 0.6 is 0 Å². The van der Waals surface area contributed by atoms with E-state index in [1.165, 1.54) is 0 Å². The minimum Gasteiger partial charge on any atom is -0.390 e. The molecule has 4 heteroatoms. The van der Waals surface area contributed by atoms with Crippen LogP contribution in [0.15, 0.2) is 0 Å². The third-order valence-corrected chi connectivity index (χ3v) is 3.36. The lowest BCUT2D eigenvalue weighted by atomic mass is 9.72. The molecular formula is C12H21F3O. The molecule has 0 heterocycles. The monoisotopic (exact) mass is 238 g/mol. The van der Waals surface area contributed by atoms with Crippen molar-refractivity contribution in [1.29, 1.82) is 0 Å². The first kappa shape index (κ1) is 13.8. The Morgan fingerprint density at radius 2 is 1.69 bits per heavy atom. The predicted octanol–water partition coefficient (Wildman–Crippen LogP) is 3.91. The number of halogens is 3. The lowest BCUT2D eigenvalue weighted by molar-refractivity contribution is -0.139. The standard InChI is InChI=1S/C12H21F3O/c1-9-6-10(2)8-11(16,7-9)4-3-5-12(13,14)15/h9-10,16H,3-8H2,1-2H3. The van der Waals surface area contributed by atoms with Gasteiger partial charge in [0.05, 0.1) is 5.60 Å². The average molecular weight is 238 g/mol. The van der Waals surface area contributed by atoms with Gasteiger partial charge in [-0.25, -0.2) is 0 Å². The summed E-state index contributed by atoms with van der Waals surface area (Å²) in [5.41, 5.74) is -0.859. The van der Waals surface area contributed by atoms with E-state index in [4.69, 9.17) is 0 Å². The van der Waals surface area contributed by atoms with E-state index in [-0.39, 0.29) is 12.8 Å². The summed E-state index contributed by atoms with van der Waals surface area (Å²) in [5, 5.41) is 10.2. The number of rotatable bonds is 3. The number of hydrogen-bond donors (Lipinski definition) is 1. The lowest BCUT2D eigenvalue weighted by Gasteiger charge is -2.39. The van der Waals surface area contributed by atoms with Crippen molar-refractivity contribution in [2.45, 2.75) is 64.1 Å². The van der Waals surface area contributed by atoms with Gasteiger partial charge in [-0.15, -0.1) is 0 Å². The van der Waals surface area contributed by atoms with Gasteiger partial charge in [-0.3, -0.25) is 0 Å². The summed E-state index contributed by atoms with van der Waals surface area (Å²) in [6, 6.07) is 0. The van der Waals surface area contributed by atoms with Crippen molar-refractivity contribution in [3.63, 3.8) is 0 Å². The summed E-state index contributed by atoms with van der Waals surface area (Å²) in [6.45, 7) is 4.12. The minimum atomic E-state index is -4.09. The van der Waals surface area contributed by atoms with Crippen LogP contribution in [0, 0.1) is 11.8 Å². The molecule has 0 aromatic heterocycles. The van der Waals surface area contributed by atoms with Crippen molar-refractivity contribution in [2.75, 3.05) is 0 Å². The highest BCUT2D eigenvalue weighted by atomic mass is 19.4. The molecule has 2 atom stereocenters. The summed E-state index contributed by atoms with van der Waals surface area (Å²) in [6.07, 6.45) is -2.19. The largest absolute Gasteiger partial charge is 0.390 e. The molecule has 16 heavy (non-hydrogen) atoms. The molecular weight excluding hydrogens is 217 g/mol. The van der Waals surface area contributed by atoms with Crippen molar-refractivity contribution in [3.8, 4) is 0 Å². The molecule has 0 spiro atoms. The maximum atomic E-state index is 12.0. The van der Waals surface area contributed by atoms with E-state index >= 15 is 0 Å². The highest BCUT2D eigenvalue weighted by Gasteiger charge is 2.36. The van der Waals surface area contributed by atoms with Crippen LogP contribution in [0.5, 0.6) is 0 Å². The van der Waals surface area contributed by atoms with Crippen LogP contribution in [-0.2, 0) is 0 Å². The first-order valence-electron chi connectivity index (χ1n) is 5.99. The molecule has 0 bridgehead atoms. The molecule has 1 saturated carbocycles. The molecule has 0 saturated heterocycles.